The molecule has 0 spiro atoms. The van der Waals surface area contributed by atoms with Crippen molar-refractivity contribution in [3.63, 3.8) is 0 Å². The van der Waals surface area contributed by atoms with Crippen molar-refractivity contribution in [2.75, 3.05) is 14.1 Å². The number of para-hydroxylation sites is 1. The van der Waals surface area contributed by atoms with Crippen molar-refractivity contribution in [3.05, 3.63) is 54.1 Å². The molecule has 0 aromatic heterocycles. The van der Waals surface area contributed by atoms with Crippen LogP contribution in [0.5, 0.6) is 0 Å². The number of hydrogen-bond donors (Lipinski definition) is 1. The minimum atomic E-state index is 0.500. The average molecular weight is 253 g/mol. The van der Waals surface area contributed by atoms with Gasteiger partial charge in [0.25, 0.3) is 0 Å². The van der Waals surface area contributed by atoms with Crippen LogP contribution in [0.15, 0.2) is 53.5 Å². The van der Waals surface area contributed by atoms with Crippen LogP contribution in [0.4, 0.5) is 5.69 Å². The number of aliphatic imine (C=N–C) groups is 1. The Morgan fingerprint density at radius 2 is 1.79 bits per heavy atom. The average Bonchev–Trinajstić information content (AvgIpc) is 2.39. The Bertz CT molecular complexity index is 600. The quantitative estimate of drug-likeness (QED) is 0.659. The fourth-order valence-corrected chi connectivity index (χ4v) is 1.85. The maximum absolute atomic E-state index is 5.90. The molecule has 0 aliphatic rings. The lowest BCUT2D eigenvalue weighted by molar-refractivity contribution is 0.615. The summed E-state index contributed by atoms with van der Waals surface area (Å²) < 4.78 is 0. The second-order valence-electron chi connectivity index (χ2n) is 4.75. The second-order valence-corrected chi connectivity index (χ2v) is 4.75. The molecule has 3 nitrogen and oxygen atoms in total. The fourth-order valence-electron chi connectivity index (χ4n) is 1.85. The van der Waals surface area contributed by atoms with Gasteiger partial charge in [-0.05, 0) is 18.6 Å². The first kappa shape index (κ1) is 13.1. The van der Waals surface area contributed by atoms with Crippen molar-refractivity contribution in [2.45, 2.75) is 6.92 Å². The molecule has 19 heavy (non-hydrogen) atoms. The normalized spacial score (nSPS) is 11.4. The molecule has 2 rings (SSSR count). The number of aryl methyl sites for hydroxylation is 1. The van der Waals surface area contributed by atoms with Gasteiger partial charge in [0.05, 0.1) is 5.69 Å². The van der Waals surface area contributed by atoms with Crippen molar-refractivity contribution >= 4 is 11.6 Å². The van der Waals surface area contributed by atoms with Gasteiger partial charge in [0.2, 0.25) is 0 Å². The molecule has 0 bridgehead atoms. The molecule has 2 aromatic rings. The van der Waals surface area contributed by atoms with Crippen molar-refractivity contribution in [2.24, 2.45) is 10.7 Å². The summed E-state index contributed by atoms with van der Waals surface area (Å²) in [5.41, 5.74) is 10.3. The van der Waals surface area contributed by atoms with Crippen molar-refractivity contribution in [1.82, 2.24) is 4.90 Å². The Kier molecular flexibility index (Phi) is 3.85. The van der Waals surface area contributed by atoms with E-state index in [9.17, 15) is 0 Å². The third-order valence-corrected chi connectivity index (χ3v) is 2.93. The number of nitrogens with zero attached hydrogens (tertiary/aromatic N) is 2. The zero-order valence-corrected chi connectivity index (χ0v) is 11.6. The highest BCUT2D eigenvalue weighted by molar-refractivity contribution is 5.85. The van der Waals surface area contributed by atoms with E-state index < -0.39 is 0 Å². The lowest BCUT2D eigenvalue weighted by Gasteiger charge is -2.12. The molecule has 2 N–H and O–H groups in total. The molecule has 0 unspecified atom stereocenters. The SMILES string of the molecule is Cc1cccc(-c2ccccc2N=C(N)N(C)C)c1. The largest absolute Gasteiger partial charge is 0.370 e. The molecule has 0 amide bonds. The maximum atomic E-state index is 5.90. The highest BCUT2D eigenvalue weighted by atomic mass is 15.2. The van der Waals surface area contributed by atoms with Crippen LogP contribution in [0, 0.1) is 6.92 Å². The molecule has 0 radical (unpaired) electrons. The smallest absolute Gasteiger partial charge is 0.195 e. The van der Waals surface area contributed by atoms with Gasteiger partial charge in [-0.1, -0.05) is 48.0 Å². The standard InChI is InChI=1S/C16H19N3/c1-12-7-6-8-13(11-12)14-9-4-5-10-15(14)18-16(17)19(2)3/h4-11H,1-3H3,(H2,17,18). The van der Waals surface area contributed by atoms with Crippen LogP contribution >= 0.6 is 0 Å². The molecule has 0 aliphatic heterocycles. The summed E-state index contributed by atoms with van der Waals surface area (Å²) in [4.78, 5) is 6.28. The summed E-state index contributed by atoms with van der Waals surface area (Å²) in [6, 6.07) is 16.4. The Balaban J connectivity index is 2.50. The first-order valence-corrected chi connectivity index (χ1v) is 6.25. The van der Waals surface area contributed by atoms with E-state index in [0.717, 1.165) is 16.8 Å². The second kappa shape index (κ2) is 5.57. The topological polar surface area (TPSA) is 41.6 Å². The summed E-state index contributed by atoms with van der Waals surface area (Å²) >= 11 is 0. The van der Waals surface area contributed by atoms with E-state index in [1.54, 1.807) is 4.90 Å². The van der Waals surface area contributed by atoms with Crippen molar-refractivity contribution in [1.29, 1.82) is 0 Å². The molecular formula is C16H19N3. The van der Waals surface area contributed by atoms with Gasteiger partial charge in [0.1, 0.15) is 0 Å². The predicted octanol–water partition coefficient (Wildman–Crippen LogP) is 3.17. The Morgan fingerprint density at radius 3 is 2.47 bits per heavy atom. The summed E-state index contributed by atoms with van der Waals surface area (Å²) in [5.74, 6) is 0.500. The van der Waals surface area contributed by atoms with Crippen LogP contribution in [0.25, 0.3) is 11.1 Å². The van der Waals surface area contributed by atoms with Crippen LogP contribution in [0.3, 0.4) is 0 Å². The van der Waals surface area contributed by atoms with Crippen LogP contribution in [0.2, 0.25) is 0 Å². The van der Waals surface area contributed by atoms with Crippen LogP contribution in [0.1, 0.15) is 5.56 Å². The molecular weight excluding hydrogens is 234 g/mol. The highest BCUT2D eigenvalue weighted by Gasteiger charge is 2.05. The van der Waals surface area contributed by atoms with E-state index in [2.05, 4.69) is 42.2 Å². The predicted molar refractivity (Wildman–Crippen MR) is 81.6 cm³/mol. The molecule has 0 heterocycles. The molecule has 3 heteroatoms. The van der Waals surface area contributed by atoms with E-state index in [1.807, 2.05) is 32.3 Å². The summed E-state index contributed by atoms with van der Waals surface area (Å²) in [7, 11) is 3.77. The van der Waals surface area contributed by atoms with Gasteiger partial charge in [-0.2, -0.15) is 0 Å². The Labute approximate surface area is 114 Å². The van der Waals surface area contributed by atoms with Gasteiger partial charge in [-0.15, -0.1) is 0 Å². The number of nitrogens with two attached hydrogens (primary N) is 1. The Hall–Kier alpha value is -2.29. The van der Waals surface area contributed by atoms with Gasteiger partial charge in [0.15, 0.2) is 5.96 Å². The van der Waals surface area contributed by atoms with E-state index in [-0.39, 0.29) is 0 Å². The first-order valence-electron chi connectivity index (χ1n) is 6.25. The monoisotopic (exact) mass is 253 g/mol. The van der Waals surface area contributed by atoms with Crippen LogP contribution in [-0.4, -0.2) is 25.0 Å². The number of rotatable bonds is 2. The molecule has 0 saturated carbocycles. The third-order valence-electron chi connectivity index (χ3n) is 2.93. The van der Waals surface area contributed by atoms with Gasteiger partial charge >= 0.3 is 0 Å². The minimum Gasteiger partial charge on any atom is -0.370 e. The third kappa shape index (κ3) is 3.13. The minimum absolute atomic E-state index is 0.500. The van der Waals surface area contributed by atoms with E-state index in [1.165, 1.54) is 5.56 Å². The number of benzene rings is 2. The van der Waals surface area contributed by atoms with Crippen LogP contribution < -0.4 is 5.73 Å². The highest BCUT2D eigenvalue weighted by Crippen LogP contribution is 2.30. The van der Waals surface area contributed by atoms with E-state index >= 15 is 0 Å². The first-order chi connectivity index (χ1) is 9.08. The van der Waals surface area contributed by atoms with Gasteiger partial charge in [0, 0.05) is 19.7 Å². The summed E-state index contributed by atoms with van der Waals surface area (Å²) in [6.45, 7) is 2.09. The van der Waals surface area contributed by atoms with Crippen molar-refractivity contribution in [3.8, 4) is 11.1 Å². The van der Waals surface area contributed by atoms with Crippen LogP contribution in [-0.2, 0) is 0 Å². The molecule has 98 valence electrons. The van der Waals surface area contributed by atoms with E-state index in [0.29, 0.717) is 5.96 Å². The van der Waals surface area contributed by atoms with Gasteiger partial charge in [-0.3, -0.25) is 0 Å². The lowest BCUT2D eigenvalue weighted by Crippen LogP contribution is -2.29. The number of hydrogen-bond acceptors (Lipinski definition) is 1. The van der Waals surface area contributed by atoms with Gasteiger partial charge in [-0.25, -0.2) is 4.99 Å². The maximum Gasteiger partial charge on any atom is 0.195 e. The summed E-state index contributed by atoms with van der Waals surface area (Å²) in [5, 5.41) is 0. The molecule has 0 saturated heterocycles. The van der Waals surface area contributed by atoms with Gasteiger partial charge < -0.3 is 10.6 Å². The zero-order valence-electron chi connectivity index (χ0n) is 11.6. The molecule has 0 atom stereocenters. The molecule has 0 aliphatic carbocycles. The Morgan fingerprint density at radius 1 is 1.05 bits per heavy atom. The number of guanidine groups is 1. The lowest BCUT2D eigenvalue weighted by atomic mass is 10.0. The van der Waals surface area contributed by atoms with E-state index in [4.69, 9.17) is 5.73 Å². The molecule has 2 aromatic carbocycles. The summed E-state index contributed by atoms with van der Waals surface area (Å²) in [6.07, 6.45) is 0. The zero-order chi connectivity index (χ0) is 13.8. The van der Waals surface area contributed by atoms with Crippen molar-refractivity contribution < 1.29 is 0 Å². The molecule has 0 fully saturated rings. The fraction of sp³-hybridized carbons (Fsp3) is 0.188.